The molecule has 5 nitrogen and oxygen atoms in total. The van der Waals surface area contributed by atoms with Gasteiger partial charge in [0, 0.05) is 18.3 Å². The summed E-state index contributed by atoms with van der Waals surface area (Å²) >= 11 is 4.95. The maximum absolute atomic E-state index is 9.79. The first-order valence-electron chi connectivity index (χ1n) is 6.24. The Morgan fingerprint density at radius 1 is 1.39 bits per heavy atom. The highest BCUT2D eigenvalue weighted by Gasteiger charge is 2.41. The average Bonchev–Trinajstić information content (AvgIpc) is 2.62. The Labute approximate surface area is 111 Å². The summed E-state index contributed by atoms with van der Waals surface area (Å²) in [6.45, 7) is 0. The van der Waals surface area contributed by atoms with Gasteiger partial charge >= 0.3 is 0 Å². The average molecular weight is 264 g/mol. The summed E-state index contributed by atoms with van der Waals surface area (Å²) in [6.07, 6.45) is 5.32. The van der Waals surface area contributed by atoms with Crippen molar-refractivity contribution in [2.45, 2.75) is 43.9 Å². The second-order valence-corrected chi connectivity index (χ2v) is 5.46. The SMILES string of the molecule is NC(=S)c1ccnc(N2C3CCC2CC(O)C3)n1. The van der Waals surface area contributed by atoms with Crippen LogP contribution < -0.4 is 10.6 Å². The van der Waals surface area contributed by atoms with Crippen LogP contribution in [0.2, 0.25) is 0 Å². The van der Waals surface area contributed by atoms with Crippen LogP contribution in [0.4, 0.5) is 5.95 Å². The Balaban J connectivity index is 1.91. The molecule has 0 spiro atoms. The van der Waals surface area contributed by atoms with E-state index < -0.39 is 0 Å². The molecule has 2 aliphatic heterocycles. The van der Waals surface area contributed by atoms with Gasteiger partial charge in [0.25, 0.3) is 0 Å². The van der Waals surface area contributed by atoms with Crippen LogP contribution in [0.15, 0.2) is 12.3 Å². The number of thiocarbonyl (C=S) groups is 1. The minimum absolute atomic E-state index is 0.183. The van der Waals surface area contributed by atoms with Crippen LogP contribution >= 0.6 is 12.2 Å². The van der Waals surface area contributed by atoms with Gasteiger partial charge in [-0.1, -0.05) is 12.2 Å². The van der Waals surface area contributed by atoms with Gasteiger partial charge in [-0.3, -0.25) is 0 Å². The third-order valence-electron chi connectivity index (χ3n) is 3.83. The molecule has 2 saturated heterocycles. The Morgan fingerprint density at radius 2 is 2.06 bits per heavy atom. The van der Waals surface area contributed by atoms with E-state index in [1.54, 1.807) is 12.3 Å². The molecule has 2 fully saturated rings. The molecular formula is C12H16N4OS. The van der Waals surface area contributed by atoms with Gasteiger partial charge in [0.15, 0.2) is 0 Å². The summed E-state index contributed by atoms with van der Waals surface area (Å²) in [4.78, 5) is 11.3. The van der Waals surface area contributed by atoms with E-state index in [9.17, 15) is 5.11 Å². The highest BCUT2D eigenvalue weighted by atomic mass is 32.1. The van der Waals surface area contributed by atoms with Crippen molar-refractivity contribution < 1.29 is 5.11 Å². The smallest absolute Gasteiger partial charge is 0.226 e. The summed E-state index contributed by atoms with van der Waals surface area (Å²) < 4.78 is 0. The van der Waals surface area contributed by atoms with E-state index in [1.165, 1.54) is 0 Å². The van der Waals surface area contributed by atoms with Gasteiger partial charge in [0.2, 0.25) is 5.95 Å². The van der Waals surface area contributed by atoms with Crippen LogP contribution in [0.5, 0.6) is 0 Å². The maximum atomic E-state index is 9.79. The van der Waals surface area contributed by atoms with E-state index in [0.29, 0.717) is 28.7 Å². The van der Waals surface area contributed by atoms with Crippen LogP contribution in [0.1, 0.15) is 31.4 Å². The number of anilines is 1. The van der Waals surface area contributed by atoms with Crippen molar-refractivity contribution in [1.29, 1.82) is 0 Å². The number of rotatable bonds is 2. The number of aliphatic hydroxyl groups is 1. The van der Waals surface area contributed by atoms with E-state index in [-0.39, 0.29) is 6.10 Å². The molecule has 0 aromatic carbocycles. The van der Waals surface area contributed by atoms with Gasteiger partial charge < -0.3 is 15.7 Å². The molecule has 2 atom stereocenters. The lowest BCUT2D eigenvalue weighted by Gasteiger charge is -2.37. The fourth-order valence-electron chi connectivity index (χ4n) is 3.08. The van der Waals surface area contributed by atoms with Crippen LogP contribution in [0.3, 0.4) is 0 Å². The molecule has 3 rings (SSSR count). The third-order valence-corrected chi connectivity index (χ3v) is 4.04. The van der Waals surface area contributed by atoms with E-state index in [0.717, 1.165) is 25.7 Å². The first-order chi connectivity index (χ1) is 8.65. The Hall–Kier alpha value is -1.27. The summed E-state index contributed by atoms with van der Waals surface area (Å²) in [5.74, 6) is 0.694. The van der Waals surface area contributed by atoms with E-state index >= 15 is 0 Å². The molecule has 3 N–H and O–H groups in total. The first-order valence-corrected chi connectivity index (χ1v) is 6.65. The molecule has 0 saturated carbocycles. The van der Waals surface area contributed by atoms with Gasteiger partial charge in [-0.05, 0) is 31.7 Å². The second-order valence-electron chi connectivity index (χ2n) is 5.02. The van der Waals surface area contributed by atoms with Crippen molar-refractivity contribution in [1.82, 2.24) is 9.97 Å². The molecular weight excluding hydrogens is 248 g/mol. The molecule has 0 amide bonds. The second kappa shape index (κ2) is 4.44. The topological polar surface area (TPSA) is 75.3 Å². The molecule has 18 heavy (non-hydrogen) atoms. The molecule has 3 heterocycles. The van der Waals surface area contributed by atoms with Crippen LogP contribution in [0, 0.1) is 0 Å². The molecule has 6 heteroatoms. The summed E-state index contributed by atoms with van der Waals surface area (Å²) in [7, 11) is 0. The van der Waals surface area contributed by atoms with Crippen molar-refractivity contribution in [3.63, 3.8) is 0 Å². The number of hydrogen-bond donors (Lipinski definition) is 2. The predicted octanol–water partition coefficient (Wildman–Crippen LogP) is 0.603. The predicted molar refractivity (Wildman–Crippen MR) is 72.4 cm³/mol. The summed E-state index contributed by atoms with van der Waals surface area (Å²) in [5.41, 5.74) is 6.21. The van der Waals surface area contributed by atoms with Gasteiger partial charge in [-0.25, -0.2) is 9.97 Å². The zero-order valence-electron chi connectivity index (χ0n) is 9.99. The lowest BCUT2D eigenvalue weighted by molar-refractivity contribution is 0.125. The van der Waals surface area contributed by atoms with Crippen molar-refractivity contribution in [2.75, 3.05) is 4.90 Å². The van der Waals surface area contributed by atoms with Crippen molar-refractivity contribution in [2.24, 2.45) is 5.73 Å². The maximum Gasteiger partial charge on any atom is 0.226 e. The van der Waals surface area contributed by atoms with Crippen molar-refractivity contribution in [3.8, 4) is 0 Å². The Bertz CT molecular complexity index is 467. The minimum atomic E-state index is -0.183. The van der Waals surface area contributed by atoms with Gasteiger partial charge in [0.05, 0.1) is 6.10 Å². The van der Waals surface area contributed by atoms with Crippen LogP contribution in [-0.4, -0.2) is 38.3 Å². The van der Waals surface area contributed by atoms with Crippen LogP contribution in [0.25, 0.3) is 0 Å². The molecule has 0 aliphatic carbocycles. The molecule has 1 aromatic heterocycles. The number of fused-ring (bicyclic) bond motifs is 2. The van der Waals surface area contributed by atoms with E-state index in [4.69, 9.17) is 18.0 Å². The highest BCUT2D eigenvalue weighted by molar-refractivity contribution is 7.80. The molecule has 0 radical (unpaired) electrons. The molecule has 1 aromatic rings. The fraction of sp³-hybridized carbons (Fsp3) is 0.583. The fourth-order valence-corrected chi connectivity index (χ4v) is 3.20. The van der Waals surface area contributed by atoms with Gasteiger partial charge in [-0.2, -0.15) is 0 Å². The largest absolute Gasteiger partial charge is 0.393 e. The molecule has 2 unspecified atom stereocenters. The number of nitrogens with two attached hydrogens (primary N) is 1. The molecule has 2 bridgehead atoms. The van der Waals surface area contributed by atoms with Gasteiger partial charge in [0.1, 0.15) is 10.7 Å². The van der Waals surface area contributed by atoms with Crippen molar-refractivity contribution >= 4 is 23.2 Å². The first kappa shape index (κ1) is 11.8. The third kappa shape index (κ3) is 1.95. The summed E-state index contributed by atoms with van der Waals surface area (Å²) in [5, 5.41) is 9.79. The quantitative estimate of drug-likeness (QED) is 0.762. The van der Waals surface area contributed by atoms with Crippen molar-refractivity contribution in [3.05, 3.63) is 18.0 Å². The normalized spacial score (nSPS) is 30.5. The zero-order valence-corrected chi connectivity index (χ0v) is 10.8. The lowest BCUT2D eigenvalue weighted by atomic mass is 10.0. The highest BCUT2D eigenvalue weighted by Crippen LogP contribution is 2.37. The molecule has 2 aliphatic rings. The number of nitrogens with zero attached hydrogens (tertiary/aromatic N) is 3. The lowest BCUT2D eigenvalue weighted by Crippen LogP contribution is -2.45. The monoisotopic (exact) mass is 264 g/mol. The van der Waals surface area contributed by atoms with Gasteiger partial charge in [-0.15, -0.1) is 0 Å². The molecule has 96 valence electrons. The minimum Gasteiger partial charge on any atom is -0.393 e. The summed E-state index contributed by atoms with van der Waals surface area (Å²) in [6, 6.07) is 2.42. The zero-order chi connectivity index (χ0) is 12.7. The van der Waals surface area contributed by atoms with E-state index in [2.05, 4.69) is 14.9 Å². The Kier molecular flexibility index (Phi) is 2.91. The van der Waals surface area contributed by atoms with Crippen LogP contribution in [-0.2, 0) is 0 Å². The number of aliphatic hydroxyl groups excluding tert-OH is 1. The van der Waals surface area contributed by atoms with E-state index in [1.807, 2.05) is 0 Å². The standard InChI is InChI=1S/C12H16N4OS/c13-11(18)10-3-4-14-12(15-10)16-7-1-2-8(16)6-9(17)5-7/h3-4,7-9,17H,1-2,5-6H2,(H2,13,18). The Morgan fingerprint density at radius 3 is 2.67 bits per heavy atom. The number of piperidine rings is 1. The number of hydrogen-bond acceptors (Lipinski definition) is 5. The number of aromatic nitrogens is 2.